The average molecular weight is 352 g/mol. The number of piperidine rings is 1. The first-order chi connectivity index (χ1) is 9.77. The lowest BCUT2D eigenvalue weighted by Crippen LogP contribution is -2.49. The standard InChI is InChI=1S/C18H26BrNO/c1-12-15(19)6-5-13-11-17(2,3)18(21,16(12)13)14-7-9-20(4)10-8-14/h5-6,14,21H,7-11H2,1-4H3. The summed E-state index contributed by atoms with van der Waals surface area (Å²) in [6, 6.07) is 4.33. The van der Waals surface area contributed by atoms with Gasteiger partial charge in [0.25, 0.3) is 0 Å². The van der Waals surface area contributed by atoms with E-state index < -0.39 is 5.60 Å². The number of rotatable bonds is 1. The largest absolute Gasteiger partial charge is 0.384 e. The first kappa shape index (κ1) is 15.5. The average Bonchev–Trinajstić information content (AvgIpc) is 2.63. The van der Waals surface area contributed by atoms with Crippen LogP contribution in [0.15, 0.2) is 16.6 Å². The molecule has 1 fully saturated rings. The van der Waals surface area contributed by atoms with Crippen LogP contribution in [0, 0.1) is 18.3 Å². The normalized spacial score (nSPS) is 29.6. The fourth-order valence-corrected chi connectivity index (χ4v) is 4.88. The minimum absolute atomic E-state index is 0.0958. The van der Waals surface area contributed by atoms with Gasteiger partial charge < -0.3 is 10.0 Å². The van der Waals surface area contributed by atoms with Gasteiger partial charge in [-0.05, 0) is 75.0 Å². The molecule has 1 atom stereocenters. The summed E-state index contributed by atoms with van der Waals surface area (Å²) in [5.74, 6) is 0.359. The number of aliphatic hydroxyl groups is 1. The summed E-state index contributed by atoms with van der Waals surface area (Å²) >= 11 is 3.65. The first-order valence-electron chi connectivity index (χ1n) is 7.97. The topological polar surface area (TPSA) is 23.5 Å². The third kappa shape index (κ3) is 2.20. The van der Waals surface area contributed by atoms with Crippen LogP contribution < -0.4 is 0 Å². The molecule has 0 amide bonds. The van der Waals surface area contributed by atoms with Crippen molar-refractivity contribution in [2.45, 2.75) is 45.6 Å². The van der Waals surface area contributed by atoms with E-state index in [0.717, 1.165) is 36.8 Å². The molecule has 1 aromatic rings. The molecule has 0 bridgehead atoms. The molecule has 0 aromatic heterocycles. The molecule has 1 aliphatic carbocycles. The highest BCUT2D eigenvalue weighted by molar-refractivity contribution is 9.10. The Hall–Kier alpha value is -0.380. The Labute approximate surface area is 136 Å². The molecule has 116 valence electrons. The second-order valence-corrected chi connectivity index (χ2v) is 8.47. The van der Waals surface area contributed by atoms with Crippen molar-refractivity contribution in [1.29, 1.82) is 0 Å². The molecule has 1 N–H and O–H groups in total. The van der Waals surface area contributed by atoms with Crippen LogP contribution in [0.3, 0.4) is 0 Å². The molecule has 1 heterocycles. The molecule has 2 nitrogen and oxygen atoms in total. The molecular formula is C18H26BrNO. The first-order valence-corrected chi connectivity index (χ1v) is 8.76. The molecular weight excluding hydrogens is 326 g/mol. The van der Waals surface area contributed by atoms with E-state index in [4.69, 9.17) is 0 Å². The van der Waals surface area contributed by atoms with Crippen molar-refractivity contribution in [1.82, 2.24) is 4.90 Å². The summed E-state index contributed by atoms with van der Waals surface area (Å²) in [7, 11) is 2.18. The van der Waals surface area contributed by atoms with Gasteiger partial charge in [-0.1, -0.05) is 35.8 Å². The highest BCUT2D eigenvalue weighted by Crippen LogP contribution is 2.57. The summed E-state index contributed by atoms with van der Waals surface area (Å²) in [5, 5.41) is 11.8. The van der Waals surface area contributed by atoms with E-state index in [-0.39, 0.29) is 5.41 Å². The molecule has 3 heteroatoms. The maximum atomic E-state index is 11.8. The summed E-state index contributed by atoms with van der Waals surface area (Å²) in [5.41, 5.74) is 2.97. The van der Waals surface area contributed by atoms with Crippen LogP contribution in [0.25, 0.3) is 0 Å². The van der Waals surface area contributed by atoms with Gasteiger partial charge in [0, 0.05) is 9.89 Å². The van der Waals surface area contributed by atoms with Gasteiger partial charge in [-0.15, -0.1) is 0 Å². The van der Waals surface area contributed by atoms with Crippen LogP contribution in [0.4, 0.5) is 0 Å². The van der Waals surface area contributed by atoms with Gasteiger partial charge in [0.15, 0.2) is 0 Å². The van der Waals surface area contributed by atoms with E-state index in [2.05, 4.69) is 60.8 Å². The minimum Gasteiger partial charge on any atom is -0.384 e. The van der Waals surface area contributed by atoms with Crippen LogP contribution in [0.1, 0.15) is 43.4 Å². The van der Waals surface area contributed by atoms with Gasteiger partial charge in [-0.2, -0.15) is 0 Å². The quantitative estimate of drug-likeness (QED) is 0.829. The predicted molar refractivity (Wildman–Crippen MR) is 90.5 cm³/mol. The van der Waals surface area contributed by atoms with Crippen LogP contribution in [0.5, 0.6) is 0 Å². The lowest BCUT2D eigenvalue weighted by molar-refractivity contribution is -0.121. The Morgan fingerprint density at radius 1 is 1.24 bits per heavy atom. The number of nitrogens with zero attached hydrogens (tertiary/aromatic N) is 1. The zero-order valence-corrected chi connectivity index (χ0v) is 15.1. The maximum Gasteiger partial charge on any atom is 0.0984 e. The number of hydrogen-bond acceptors (Lipinski definition) is 2. The van der Waals surface area contributed by atoms with Gasteiger partial charge in [-0.3, -0.25) is 0 Å². The summed E-state index contributed by atoms with van der Waals surface area (Å²) < 4.78 is 1.12. The molecule has 0 radical (unpaired) electrons. The third-order valence-electron chi connectivity index (χ3n) is 5.84. The monoisotopic (exact) mass is 351 g/mol. The molecule has 1 aliphatic heterocycles. The number of likely N-dealkylation sites (tertiary alicyclic amines) is 1. The van der Waals surface area contributed by atoms with Crippen molar-refractivity contribution in [2.75, 3.05) is 20.1 Å². The molecule has 3 rings (SSSR count). The Bertz CT molecular complexity index is 561. The van der Waals surface area contributed by atoms with Crippen LogP contribution in [-0.4, -0.2) is 30.1 Å². The maximum absolute atomic E-state index is 11.8. The van der Waals surface area contributed by atoms with Crippen molar-refractivity contribution in [3.8, 4) is 0 Å². The Balaban J connectivity index is 2.10. The molecule has 2 aliphatic rings. The molecule has 0 saturated carbocycles. The predicted octanol–water partition coefficient (Wildman–Crippen LogP) is 3.87. The van der Waals surface area contributed by atoms with E-state index >= 15 is 0 Å². The number of halogens is 1. The lowest BCUT2D eigenvalue weighted by atomic mass is 9.65. The van der Waals surface area contributed by atoms with Gasteiger partial charge in [0.1, 0.15) is 0 Å². The number of benzene rings is 1. The van der Waals surface area contributed by atoms with E-state index in [1.165, 1.54) is 16.7 Å². The summed E-state index contributed by atoms with van der Waals surface area (Å²) in [4.78, 5) is 2.37. The zero-order chi connectivity index (χ0) is 15.4. The Kier molecular flexibility index (Phi) is 3.75. The number of hydrogen-bond donors (Lipinski definition) is 1. The van der Waals surface area contributed by atoms with E-state index in [1.54, 1.807) is 0 Å². The van der Waals surface area contributed by atoms with Crippen molar-refractivity contribution >= 4 is 15.9 Å². The molecule has 21 heavy (non-hydrogen) atoms. The van der Waals surface area contributed by atoms with Crippen molar-refractivity contribution in [2.24, 2.45) is 11.3 Å². The fraction of sp³-hybridized carbons (Fsp3) is 0.667. The molecule has 1 unspecified atom stereocenters. The number of fused-ring (bicyclic) bond motifs is 1. The van der Waals surface area contributed by atoms with Crippen LogP contribution in [-0.2, 0) is 12.0 Å². The highest BCUT2D eigenvalue weighted by Gasteiger charge is 2.56. The molecule has 1 aromatic carbocycles. The van der Waals surface area contributed by atoms with E-state index in [9.17, 15) is 5.11 Å². The van der Waals surface area contributed by atoms with Gasteiger partial charge in [0.2, 0.25) is 0 Å². The van der Waals surface area contributed by atoms with Crippen LogP contribution in [0.2, 0.25) is 0 Å². The van der Waals surface area contributed by atoms with Crippen molar-refractivity contribution in [3.05, 3.63) is 33.3 Å². The van der Waals surface area contributed by atoms with Crippen molar-refractivity contribution < 1.29 is 5.11 Å². The SMILES string of the molecule is Cc1c(Br)ccc2c1C(O)(C1CCN(C)CC1)C(C)(C)C2. The van der Waals surface area contributed by atoms with Crippen molar-refractivity contribution in [3.63, 3.8) is 0 Å². The van der Waals surface area contributed by atoms with Crippen LogP contribution >= 0.6 is 15.9 Å². The zero-order valence-electron chi connectivity index (χ0n) is 13.5. The molecule has 1 saturated heterocycles. The summed E-state index contributed by atoms with van der Waals surface area (Å²) in [6.45, 7) is 8.79. The molecule has 0 spiro atoms. The van der Waals surface area contributed by atoms with Gasteiger partial charge >= 0.3 is 0 Å². The van der Waals surface area contributed by atoms with E-state index in [1.807, 2.05) is 0 Å². The summed E-state index contributed by atoms with van der Waals surface area (Å²) in [6.07, 6.45) is 3.14. The second kappa shape index (κ2) is 5.07. The fourth-order valence-electron chi connectivity index (χ4n) is 4.55. The Morgan fingerprint density at radius 2 is 1.86 bits per heavy atom. The van der Waals surface area contributed by atoms with Gasteiger partial charge in [-0.25, -0.2) is 0 Å². The second-order valence-electron chi connectivity index (χ2n) is 7.61. The minimum atomic E-state index is -0.697. The highest BCUT2D eigenvalue weighted by atomic mass is 79.9. The third-order valence-corrected chi connectivity index (χ3v) is 6.70. The lowest BCUT2D eigenvalue weighted by Gasteiger charge is -2.47. The Morgan fingerprint density at radius 3 is 2.48 bits per heavy atom. The smallest absolute Gasteiger partial charge is 0.0984 e. The van der Waals surface area contributed by atoms with Gasteiger partial charge in [0.05, 0.1) is 5.60 Å². The van der Waals surface area contributed by atoms with E-state index in [0.29, 0.717) is 5.92 Å².